The van der Waals surface area contributed by atoms with Gasteiger partial charge in [0.05, 0.1) is 28.1 Å². The van der Waals surface area contributed by atoms with Gasteiger partial charge in [0.25, 0.3) is 5.69 Å². The summed E-state index contributed by atoms with van der Waals surface area (Å²) in [6.07, 6.45) is 0.373. The van der Waals surface area contributed by atoms with Gasteiger partial charge in [0.1, 0.15) is 5.82 Å². The molecule has 0 N–H and O–H groups in total. The molecule has 1 heterocycles. The Hall–Kier alpha value is -3.87. The maximum atomic E-state index is 13.4. The molecule has 0 bridgehead atoms. The number of rotatable bonds is 3. The van der Waals surface area contributed by atoms with E-state index >= 15 is 0 Å². The number of amides is 1. The largest absolute Gasteiger partial charge is 0.303 e. The molecule has 1 unspecified atom stereocenters. The zero-order valence-corrected chi connectivity index (χ0v) is 16.2. The average molecular weight is 403 g/mol. The zero-order valence-electron chi connectivity index (χ0n) is 16.2. The smallest absolute Gasteiger partial charge is 0.269 e. The van der Waals surface area contributed by atoms with Crippen molar-refractivity contribution in [1.29, 1.82) is 0 Å². The van der Waals surface area contributed by atoms with Gasteiger partial charge in [-0.05, 0) is 35.4 Å². The highest BCUT2D eigenvalue weighted by Gasteiger charge is 2.31. The van der Waals surface area contributed by atoms with Gasteiger partial charge in [-0.25, -0.2) is 4.39 Å². The molecule has 6 nitrogen and oxygen atoms in total. The average Bonchev–Trinajstić information content (AvgIpc) is 2.91. The Labute approximate surface area is 172 Å². The molecule has 0 aromatic heterocycles. The third-order valence-corrected chi connectivity index (χ3v) is 5.10. The van der Waals surface area contributed by atoms with Gasteiger partial charge < -0.3 is 4.90 Å². The molecule has 0 saturated heterocycles. The first kappa shape index (κ1) is 19.4. The maximum absolute atomic E-state index is 13.4. The van der Waals surface area contributed by atoms with Crippen LogP contribution in [0, 0.1) is 15.9 Å². The van der Waals surface area contributed by atoms with Crippen LogP contribution >= 0.6 is 0 Å². The number of halogens is 1. The van der Waals surface area contributed by atoms with E-state index in [2.05, 4.69) is 0 Å². The number of fused-ring (bicyclic) bond motifs is 1. The number of anilines is 1. The van der Waals surface area contributed by atoms with Gasteiger partial charge >= 0.3 is 0 Å². The van der Waals surface area contributed by atoms with Crippen molar-refractivity contribution in [2.24, 2.45) is 4.99 Å². The lowest BCUT2D eigenvalue weighted by atomic mass is 9.95. The monoisotopic (exact) mass is 403 g/mol. The molecular weight excluding hydrogens is 385 g/mol. The molecule has 150 valence electrons. The van der Waals surface area contributed by atoms with Gasteiger partial charge in [0.15, 0.2) is 0 Å². The molecule has 1 aliphatic rings. The van der Waals surface area contributed by atoms with Gasteiger partial charge in [0.2, 0.25) is 5.91 Å². The fourth-order valence-corrected chi connectivity index (χ4v) is 3.69. The van der Waals surface area contributed by atoms with E-state index in [4.69, 9.17) is 4.99 Å². The van der Waals surface area contributed by atoms with Gasteiger partial charge in [-0.3, -0.25) is 19.9 Å². The number of carbonyl (C=O) groups is 1. The summed E-state index contributed by atoms with van der Waals surface area (Å²) in [4.78, 5) is 29.7. The molecule has 0 aliphatic carbocycles. The number of nitrogens with zero attached hydrogens (tertiary/aromatic N) is 3. The third-order valence-electron chi connectivity index (χ3n) is 5.10. The first-order valence-corrected chi connectivity index (χ1v) is 9.41. The molecule has 1 atom stereocenters. The minimum absolute atomic E-state index is 0.0189. The van der Waals surface area contributed by atoms with Gasteiger partial charge in [-0.15, -0.1) is 0 Å². The van der Waals surface area contributed by atoms with Crippen LogP contribution in [0.2, 0.25) is 0 Å². The van der Waals surface area contributed by atoms with Gasteiger partial charge in [-0.1, -0.05) is 36.4 Å². The van der Waals surface area contributed by atoms with Gasteiger partial charge in [0, 0.05) is 25.5 Å². The van der Waals surface area contributed by atoms with E-state index in [1.165, 1.54) is 31.2 Å². The lowest BCUT2D eigenvalue weighted by Gasteiger charge is -2.30. The molecule has 3 aromatic rings. The summed E-state index contributed by atoms with van der Waals surface area (Å²) in [5, 5.41) is 11.0. The molecule has 7 heteroatoms. The lowest BCUT2D eigenvalue weighted by Crippen LogP contribution is -2.33. The molecule has 3 aromatic carbocycles. The van der Waals surface area contributed by atoms with Crippen LogP contribution in [-0.2, 0) is 4.79 Å². The molecular formula is C23H18FN3O3. The van der Waals surface area contributed by atoms with E-state index in [0.717, 1.165) is 11.1 Å². The first-order valence-electron chi connectivity index (χ1n) is 9.41. The van der Waals surface area contributed by atoms with Crippen LogP contribution in [-0.4, -0.2) is 16.5 Å². The molecule has 0 saturated carbocycles. The van der Waals surface area contributed by atoms with Crippen LogP contribution in [0.3, 0.4) is 0 Å². The Morgan fingerprint density at radius 2 is 1.73 bits per heavy atom. The maximum Gasteiger partial charge on any atom is 0.269 e. The quantitative estimate of drug-likeness (QED) is 0.437. The number of para-hydroxylation sites is 2. The van der Waals surface area contributed by atoms with E-state index < -0.39 is 11.0 Å². The third kappa shape index (κ3) is 3.69. The van der Waals surface area contributed by atoms with Crippen molar-refractivity contribution in [2.75, 3.05) is 4.90 Å². The summed E-state index contributed by atoms with van der Waals surface area (Å²) in [5.41, 5.74) is 3.48. The fraction of sp³-hybridized carbons (Fsp3) is 0.130. The minimum Gasteiger partial charge on any atom is -0.303 e. The summed E-state index contributed by atoms with van der Waals surface area (Å²) in [6.45, 7) is 1.48. The molecule has 0 radical (unpaired) electrons. The van der Waals surface area contributed by atoms with Crippen LogP contribution < -0.4 is 4.90 Å². The number of hydrogen-bond acceptors (Lipinski definition) is 4. The SMILES string of the molecule is CC(=O)N1c2ccccc2N=C(c2ccc(F)cc2)CC1c1ccc([N+](=O)[O-])cc1. The Bertz CT molecular complexity index is 1140. The number of nitro benzene ring substituents is 1. The van der Waals surface area contributed by atoms with E-state index in [1.54, 1.807) is 29.2 Å². The highest BCUT2D eigenvalue weighted by molar-refractivity contribution is 6.07. The predicted octanol–water partition coefficient (Wildman–Crippen LogP) is 5.35. The summed E-state index contributed by atoms with van der Waals surface area (Å²) >= 11 is 0. The van der Waals surface area contributed by atoms with Crippen molar-refractivity contribution in [1.82, 2.24) is 0 Å². The van der Waals surface area contributed by atoms with Crippen molar-refractivity contribution < 1.29 is 14.1 Å². The highest BCUT2D eigenvalue weighted by atomic mass is 19.1. The Morgan fingerprint density at radius 1 is 1.07 bits per heavy atom. The number of non-ortho nitro benzene ring substituents is 1. The summed E-state index contributed by atoms with van der Waals surface area (Å²) < 4.78 is 13.4. The van der Waals surface area contributed by atoms with E-state index in [-0.39, 0.29) is 17.4 Å². The summed E-state index contributed by atoms with van der Waals surface area (Å²) in [5.74, 6) is -0.507. The normalized spacial score (nSPS) is 15.7. The Morgan fingerprint density at radius 3 is 2.37 bits per heavy atom. The van der Waals surface area contributed by atoms with Gasteiger partial charge in [-0.2, -0.15) is 0 Å². The van der Waals surface area contributed by atoms with Crippen molar-refractivity contribution in [3.05, 3.63) is 99.9 Å². The van der Waals surface area contributed by atoms with Crippen LogP contribution in [0.1, 0.15) is 30.5 Å². The number of carbonyl (C=O) groups excluding carboxylic acids is 1. The topological polar surface area (TPSA) is 75.8 Å². The molecule has 1 aliphatic heterocycles. The summed E-state index contributed by atoms with van der Waals surface area (Å²) in [7, 11) is 0. The Balaban J connectivity index is 1.86. The lowest BCUT2D eigenvalue weighted by molar-refractivity contribution is -0.384. The number of benzene rings is 3. The second-order valence-corrected chi connectivity index (χ2v) is 7.01. The molecule has 0 spiro atoms. The first-order chi connectivity index (χ1) is 14.4. The van der Waals surface area contributed by atoms with Crippen LogP contribution in [0.25, 0.3) is 0 Å². The molecule has 1 amide bonds. The van der Waals surface area contributed by atoms with E-state index in [1.807, 2.05) is 24.3 Å². The molecule has 30 heavy (non-hydrogen) atoms. The standard InChI is InChI=1S/C23H18FN3O3/c1-15(28)26-22-5-3-2-4-20(22)25-21(16-6-10-18(24)11-7-16)14-23(26)17-8-12-19(13-9-17)27(29)30/h2-13,23H,14H2,1H3. The molecule has 4 rings (SSSR count). The molecule has 0 fully saturated rings. The summed E-state index contributed by atoms with van der Waals surface area (Å²) in [6, 6.07) is 19.2. The number of hydrogen-bond donors (Lipinski definition) is 0. The second-order valence-electron chi connectivity index (χ2n) is 7.01. The minimum atomic E-state index is -0.458. The van der Waals surface area contributed by atoms with Crippen molar-refractivity contribution in [3.63, 3.8) is 0 Å². The van der Waals surface area contributed by atoms with Crippen molar-refractivity contribution in [3.8, 4) is 0 Å². The van der Waals surface area contributed by atoms with Crippen LogP contribution in [0.15, 0.2) is 77.8 Å². The zero-order chi connectivity index (χ0) is 21.3. The highest BCUT2D eigenvalue weighted by Crippen LogP contribution is 2.40. The van der Waals surface area contributed by atoms with Crippen molar-refractivity contribution >= 4 is 28.7 Å². The fourth-order valence-electron chi connectivity index (χ4n) is 3.69. The van der Waals surface area contributed by atoms with E-state index in [0.29, 0.717) is 23.5 Å². The Kier molecular flexibility index (Phi) is 5.10. The van der Waals surface area contributed by atoms with Crippen LogP contribution in [0.4, 0.5) is 21.5 Å². The second kappa shape index (κ2) is 7.87. The predicted molar refractivity (Wildman–Crippen MR) is 113 cm³/mol. The number of nitro groups is 1. The van der Waals surface area contributed by atoms with E-state index in [9.17, 15) is 19.3 Å². The van der Waals surface area contributed by atoms with Crippen LogP contribution in [0.5, 0.6) is 0 Å². The van der Waals surface area contributed by atoms with Crippen molar-refractivity contribution in [2.45, 2.75) is 19.4 Å². The number of aliphatic imine (C=N–C) groups is 1.